The van der Waals surface area contributed by atoms with Gasteiger partial charge in [-0.25, -0.2) is 4.98 Å². The van der Waals surface area contributed by atoms with E-state index in [1.54, 1.807) is 18.3 Å². The Hall–Kier alpha value is -1.55. The zero-order chi connectivity index (χ0) is 8.55. The van der Waals surface area contributed by atoms with Gasteiger partial charge in [0.15, 0.2) is 0 Å². The Kier molecular flexibility index (Phi) is 1.48. The molecule has 0 aliphatic carbocycles. The lowest BCUT2D eigenvalue weighted by Gasteiger charge is -1.92. The highest BCUT2D eigenvalue weighted by molar-refractivity contribution is 5.51. The molecule has 62 valence electrons. The first kappa shape index (κ1) is 7.12. The van der Waals surface area contributed by atoms with Crippen LogP contribution in [0.2, 0.25) is 0 Å². The Bertz CT molecular complexity index is 408. The maximum atomic E-state index is 8.80. The molecule has 4 nitrogen and oxygen atoms in total. The van der Waals surface area contributed by atoms with Gasteiger partial charge in [-0.05, 0) is 6.07 Å². The molecule has 3 N–H and O–H groups in total. The van der Waals surface area contributed by atoms with E-state index in [-0.39, 0.29) is 6.61 Å². The quantitative estimate of drug-likeness (QED) is 0.640. The van der Waals surface area contributed by atoms with Crippen LogP contribution in [0.4, 0.5) is 5.69 Å². The van der Waals surface area contributed by atoms with E-state index in [4.69, 9.17) is 10.8 Å². The van der Waals surface area contributed by atoms with Gasteiger partial charge in [0.2, 0.25) is 0 Å². The van der Waals surface area contributed by atoms with Crippen LogP contribution in [0.3, 0.4) is 0 Å². The van der Waals surface area contributed by atoms with Gasteiger partial charge in [-0.2, -0.15) is 0 Å². The SMILES string of the molecule is Nc1ccn2cc(CO)nc2c1. The fourth-order valence-corrected chi connectivity index (χ4v) is 1.13. The predicted octanol–water partition coefficient (Wildman–Crippen LogP) is 0.409. The van der Waals surface area contributed by atoms with Gasteiger partial charge >= 0.3 is 0 Å². The van der Waals surface area contributed by atoms with Crippen molar-refractivity contribution in [2.24, 2.45) is 0 Å². The molecule has 0 unspecified atom stereocenters. The molecule has 12 heavy (non-hydrogen) atoms. The zero-order valence-electron chi connectivity index (χ0n) is 6.44. The molecule has 2 rings (SSSR count). The summed E-state index contributed by atoms with van der Waals surface area (Å²) >= 11 is 0. The number of anilines is 1. The first-order valence-electron chi connectivity index (χ1n) is 3.63. The minimum absolute atomic E-state index is 0.0401. The predicted molar refractivity (Wildman–Crippen MR) is 45.5 cm³/mol. The number of aliphatic hydroxyl groups excluding tert-OH is 1. The van der Waals surface area contributed by atoms with Crippen molar-refractivity contribution in [1.82, 2.24) is 9.38 Å². The van der Waals surface area contributed by atoms with Crippen LogP contribution < -0.4 is 5.73 Å². The summed E-state index contributed by atoms with van der Waals surface area (Å²) in [4.78, 5) is 4.12. The average molecular weight is 163 g/mol. The molecule has 0 aliphatic rings. The molecule has 0 aliphatic heterocycles. The summed E-state index contributed by atoms with van der Waals surface area (Å²) in [5.74, 6) is 0. The van der Waals surface area contributed by atoms with Gasteiger partial charge in [-0.15, -0.1) is 0 Å². The van der Waals surface area contributed by atoms with Gasteiger partial charge in [0.1, 0.15) is 5.65 Å². The topological polar surface area (TPSA) is 63.5 Å². The largest absolute Gasteiger partial charge is 0.399 e. The van der Waals surface area contributed by atoms with Crippen molar-refractivity contribution in [3.63, 3.8) is 0 Å². The molecular weight excluding hydrogens is 154 g/mol. The molecule has 2 aromatic heterocycles. The molecule has 0 saturated carbocycles. The molecule has 0 radical (unpaired) electrons. The van der Waals surface area contributed by atoms with Gasteiger partial charge in [-0.1, -0.05) is 0 Å². The van der Waals surface area contributed by atoms with E-state index >= 15 is 0 Å². The number of aliphatic hydroxyl groups is 1. The van der Waals surface area contributed by atoms with Crippen LogP contribution in [-0.4, -0.2) is 14.5 Å². The number of pyridine rings is 1. The number of nitrogens with zero attached hydrogens (tertiary/aromatic N) is 2. The van der Waals surface area contributed by atoms with Gasteiger partial charge in [0, 0.05) is 24.1 Å². The summed E-state index contributed by atoms with van der Waals surface area (Å²) < 4.78 is 1.82. The number of nitrogen functional groups attached to an aromatic ring is 1. The van der Waals surface area contributed by atoms with Crippen LogP contribution in [-0.2, 0) is 6.61 Å². The second-order valence-electron chi connectivity index (χ2n) is 2.62. The van der Waals surface area contributed by atoms with E-state index in [1.165, 1.54) is 0 Å². The third-order valence-corrected chi connectivity index (χ3v) is 1.70. The molecular formula is C8H9N3O. The molecule has 0 spiro atoms. The average Bonchev–Trinajstić information content (AvgIpc) is 2.46. The first-order chi connectivity index (χ1) is 5.79. The van der Waals surface area contributed by atoms with Crippen molar-refractivity contribution in [2.45, 2.75) is 6.61 Å². The monoisotopic (exact) mass is 163 g/mol. The van der Waals surface area contributed by atoms with E-state index in [2.05, 4.69) is 4.98 Å². The highest BCUT2D eigenvalue weighted by Crippen LogP contribution is 2.08. The molecule has 0 amide bonds. The second-order valence-corrected chi connectivity index (χ2v) is 2.62. The maximum Gasteiger partial charge on any atom is 0.139 e. The Morgan fingerprint density at radius 3 is 3.17 bits per heavy atom. The second kappa shape index (κ2) is 2.49. The lowest BCUT2D eigenvalue weighted by atomic mass is 10.4. The lowest BCUT2D eigenvalue weighted by Crippen LogP contribution is -1.87. The minimum Gasteiger partial charge on any atom is -0.399 e. The lowest BCUT2D eigenvalue weighted by molar-refractivity contribution is 0.277. The van der Waals surface area contributed by atoms with E-state index in [0.29, 0.717) is 11.4 Å². The molecule has 0 bridgehead atoms. The summed E-state index contributed by atoms with van der Waals surface area (Å²) in [6.45, 7) is -0.0401. The molecule has 0 atom stereocenters. The van der Waals surface area contributed by atoms with E-state index in [9.17, 15) is 0 Å². The number of hydrogen-bond donors (Lipinski definition) is 2. The van der Waals surface area contributed by atoms with Gasteiger partial charge in [-0.3, -0.25) is 0 Å². The Morgan fingerprint density at radius 2 is 2.42 bits per heavy atom. The number of fused-ring (bicyclic) bond motifs is 1. The highest BCUT2D eigenvalue weighted by Gasteiger charge is 1.98. The van der Waals surface area contributed by atoms with Crippen molar-refractivity contribution in [2.75, 3.05) is 5.73 Å². The third-order valence-electron chi connectivity index (χ3n) is 1.70. The maximum absolute atomic E-state index is 8.80. The van der Waals surface area contributed by atoms with Crippen molar-refractivity contribution in [3.05, 3.63) is 30.2 Å². The summed E-state index contributed by atoms with van der Waals surface area (Å²) in [5, 5.41) is 8.80. The molecule has 4 heteroatoms. The van der Waals surface area contributed by atoms with Crippen molar-refractivity contribution in [3.8, 4) is 0 Å². The molecule has 0 aromatic carbocycles. The summed E-state index contributed by atoms with van der Waals surface area (Å²) in [5.41, 5.74) is 7.65. The normalized spacial score (nSPS) is 10.8. The number of imidazole rings is 1. The molecule has 0 fully saturated rings. The summed E-state index contributed by atoms with van der Waals surface area (Å²) in [6, 6.07) is 3.55. The minimum atomic E-state index is -0.0401. The van der Waals surface area contributed by atoms with E-state index < -0.39 is 0 Å². The van der Waals surface area contributed by atoms with Gasteiger partial charge in [0.05, 0.1) is 12.3 Å². The molecule has 0 saturated heterocycles. The van der Waals surface area contributed by atoms with Gasteiger partial charge < -0.3 is 15.2 Å². The van der Waals surface area contributed by atoms with E-state index in [1.807, 2.05) is 10.6 Å². The van der Waals surface area contributed by atoms with Crippen LogP contribution >= 0.6 is 0 Å². The van der Waals surface area contributed by atoms with Crippen LogP contribution in [0.5, 0.6) is 0 Å². The standard InChI is InChI=1S/C8H9N3O/c9-6-1-2-11-4-7(5-12)10-8(11)3-6/h1-4,12H,5,9H2. The first-order valence-corrected chi connectivity index (χ1v) is 3.63. The van der Waals surface area contributed by atoms with Crippen molar-refractivity contribution >= 4 is 11.3 Å². The third kappa shape index (κ3) is 1.02. The summed E-state index contributed by atoms with van der Waals surface area (Å²) in [6.07, 6.45) is 3.59. The van der Waals surface area contributed by atoms with Gasteiger partial charge in [0.25, 0.3) is 0 Å². The number of rotatable bonds is 1. The number of nitrogens with two attached hydrogens (primary N) is 1. The zero-order valence-corrected chi connectivity index (χ0v) is 6.44. The smallest absolute Gasteiger partial charge is 0.139 e. The van der Waals surface area contributed by atoms with Crippen LogP contribution in [0, 0.1) is 0 Å². The Morgan fingerprint density at radius 1 is 1.58 bits per heavy atom. The fraction of sp³-hybridized carbons (Fsp3) is 0.125. The summed E-state index contributed by atoms with van der Waals surface area (Å²) in [7, 11) is 0. The van der Waals surface area contributed by atoms with Crippen molar-refractivity contribution in [1.29, 1.82) is 0 Å². The highest BCUT2D eigenvalue weighted by atomic mass is 16.3. The Balaban J connectivity index is 2.67. The molecule has 2 aromatic rings. The van der Waals surface area contributed by atoms with Crippen LogP contribution in [0.25, 0.3) is 5.65 Å². The van der Waals surface area contributed by atoms with Crippen LogP contribution in [0.15, 0.2) is 24.5 Å². The van der Waals surface area contributed by atoms with Crippen molar-refractivity contribution < 1.29 is 5.11 Å². The molecule has 2 heterocycles. The van der Waals surface area contributed by atoms with E-state index in [0.717, 1.165) is 5.65 Å². The van der Waals surface area contributed by atoms with Crippen LogP contribution in [0.1, 0.15) is 5.69 Å². The fourth-order valence-electron chi connectivity index (χ4n) is 1.13. The number of hydrogen-bond acceptors (Lipinski definition) is 3. The number of aromatic nitrogens is 2. The Labute approximate surface area is 69.3 Å².